The summed E-state index contributed by atoms with van der Waals surface area (Å²) in [7, 11) is 0. The number of unbranched alkanes of at least 4 members (excludes halogenated alkanes) is 1. The molecule has 0 aliphatic carbocycles. The molecule has 4 nitrogen and oxygen atoms in total. The number of piperidine rings is 1. The summed E-state index contributed by atoms with van der Waals surface area (Å²) >= 11 is 0. The smallest absolute Gasteiger partial charge is 0.234 e. The quantitative estimate of drug-likeness (QED) is 0.714. The number of nitrogens with zero attached hydrogens (tertiary/aromatic N) is 1. The Morgan fingerprint density at radius 3 is 3.00 bits per heavy atom. The van der Waals surface area contributed by atoms with Gasteiger partial charge in [0.1, 0.15) is 0 Å². The van der Waals surface area contributed by atoms with Crippen LogP contribution in [0, 0.1) is 5.92 Å². The van der Waals surface area contributed by atoms with Crippen LogP contribution < -0.4 is 10.6 Å². The van der Waals surface area contributed by atoms with Crippen LogP contribution in [0.2, 0.25) is 0 Å². The lowest BCUT2D eigenvalue weighted by Gasteiger charge is -2.34. The van der Waals surface area contributed by atoms with Gasteiger partial charge in [0.2, 0.25) is 5.91 Å². The van der Waals surface area contributed by atoms with E-state index in [1.54, 1.807) is 0 Å². The highest BCUT2D eigenvalue weighted by atomic mass is 16.2. The Morgan fingerprint density at radius 1 is 1.37 bits per heavy atom. The summed E-state index contributed by atoms with van der Waals surface area (Å²) in [4.78, 5) is 14.3. The maximum Gasteiger partial charge on any atom is 0.234 e. The summed E-state index contributed by atoms with van der Waals surface area (Å²) in [5.74, 6) is 0.962. The summed E-state index contributed by atoms with van der Waals surface area (Å²) in [6.45, 7) is 6.99. The zero-order valence-electron chi connectivity index (χ0n) is 12.3. The van der Waals surface area contributed by atoms with E-state index in [1.807, 2.05) is 0 Å². The van der Waals surface area contributed by atoms with Gasteiger partial charge in [0.15, 0.2) is 0 Å². The van der Waals surface area contributed by atoms with E-state index in [4.69, 9.17) is 0 Å². The van der Waals surface area contributed by atoms with Gasteiger partial charge in [0.25, 0.3) is 0 Å². The van der Waals surface area contributed by atoms with Crippen LogP contribution >= 0.6 is 0 Å². The molecule has 0 spiro atoms. The fraction of sp³-hybridized carbons (Fsp3) is 0.933. The van der Waals surface area contributed by atoms with Crippen molar-refractivity contribution in [1.82, 2.24) is 15.5 Å². The average Bonchev–Trinajstić information content (AvgIpc) is 2.88. The third-order valence-corrected chi connectivity index (χ3v) is 4.49. The van der Waals surface area contributed by atoms with Crippen LogP contribution in [0.3, 0.4) is 0 Å². The van der Waals surface area contributed by atoms with Crippen molar-refractivity contribution >= 4 is 5.91 Å². The number of amides is 1. The van der Waals surface area contributed by atoms with Gasteiger partial charge in [-0.2, -0.15) is 0 Å². The second-order valence-electron chi connectivity index (χ2n) is 5.99. The lowest BCUT2D eigenvalue weighted by molar-refractivity contribution is -0.122. The van der Waals surface area contributed by atoms with Gasteiger partial charge in [0.05, 0.1) is 6.54 Å². The first-order valence-electron chi connectivity index (χ1n) is 8.02. The molecule has 0 aromatic rings. The number of carbonyl (C=O) groups is 1. The summed E-state index contributed by atoms with van der Waals surface area (Å²) in [5, 5.41) is 6.54. The molecule has 2 atom stereocenters. The third-order valence-electron chi connectivity index (χ3n) is 4.49. The zero-order valence-corrected chi connectivity index (χ0v) is 12.3. The Hall–Kier alpha value is -0.610. The highest BCUT2D eigenvalue weighted by molar-refractivity contribution is 5.78. The second kappa shape index (κ2) is 7.85. The molecular weight excluding hydrogens is 238 g/mol. The Morgan fingerprint density at radius 2 is 2.26 bits per heavy atom. The SMILES string of the molecule is CCCCNC(=O)CN1CCCC1C1CCCNC1. The minimum atomic E-state index is 0.212. The number of hydrogen-bond acceptors (Lipinski definition) is 3. The molecule has 2 N–H and O–H groups in total. The zero-order chi connectivity index (χ0) is 13.5. The summed E-state index contributed by atoms with van der Waals surface area (Å²) in [6.07, 6.45) is 7.36. The van der Waals surface area contributed by atoms with Crippen molar-refractivity contribution in [2.45, 2.75) is 51.5 Å². The first-order chi connectivity index (χ1) is 9.31. The van der Waals surface area contributed by atoms with Crippen molar-refractivity contribution in [2.75, 3.05) is 32.7 Å². The van der Waals surface area contributed by atoms with Crippen LogP contribution in [0.5, 0.6) is 0 Å². The van der Waals surface area contributed by atoms with Crippen molar-refractivity contribution in [3.63, 3.8) is 0 Å². The topological polar surface area (TPSA) is 44.4 Å². The van der Waals surface area contributed by atoms with E-state index in [0.717, 1.165) is 38.4 Å². The molecule has 1 amide bonds. The molecule has 0 saturated carbocycles. The molecule has 2 aliphatic rings. The molecule has 0 aromatic heterocycles. The van der Waals surface area contributed by atoms with E-state index in [1.165, 1.54) is 32.2 Å². The Kier molecular flexibility index (Phi) is 6.11. The third kappa shape index (κ3) is 4.46. The molecule has 2 unspecified atom stereocenters. The van der Waals surface area contributed by atoms with E-state index in [9.17, 15) is 4.79 Å². The Labute approximate surface area is 117 Å². The number of carbonyl (C=O) groups excluding carboxylic acids is 1. The molecule has 19 heavy (non-hydrogen) atoms. The van der Waals surface area contributed by atoms with Crippen LogP contribution in [0.25, 0.3) is 0 Å². The molecule has 0 radical (unpaired) electrons. The maximum absolute atomic E-state index is 11.9. The van der Waals surface area contributed by atoms with Gasteiger partial charge in [-0.05, 0) is 57.7 Å². The van der Waals surface area contributed by atoms with Crippen molar-refractivity contribution in [3.8, 4) is 0 Å². The van der Waals surface area contributed by atoms with Gasteiger partial charge in [-0.1, -0.05) is 13.3 Å². The van der Waals surface area contributed by atoms with Gasteiger partial charge in [-0.3, -0.25) is 9.69 Å². The van der Waals surface area contributed by atoms with Gasteiger partial charge in [-0.25, -0.2) is 0 Å². The van der Waals surface area contributed by atoms with Gasteiger partial charge in [-0.15, -0.1) is 0 Å². The first kappa shape index (κ1) is 14.8. The molecule has 4 heteroatoms. The second-order valence-corrected chi connectivity index (χ2v) is 5.99. The van der Waals surface area contributed by atoms with Crippen LogP contribution in [0.4, 0.5) is 0 Å². The lowest BCUT2D eigenvalue weighted by Crippen LogP contribution is -2.46. The first-order valence-corrected chi connectivity index (χ1v) is 8.02. The molecule has 2 fully saturated rings. The largest absolute Gasteiger partial charge is 0.355 e. The summed E-state index contributed by atoms with van der Waals surface area (Å²) in [6, 6.07) is 0.629. The van der Waals surface area contributed by atoms with Crippen molar-refractivity contribution in [1.29, 1.82) is 0 Å². The van der Waals surface area contributed by atoms with Crippen LogP contribution in [-0.2, 0) is 4.79 Å². The van der Waals surface area contributed by atoms with Gasteiger partial charge < -0.3 is 10.6 Å². The molecular formula is C15H29N3O. The normalized spacial score (nSPS) is 28.5. The van der Waals surface area contributed by atoms with E-state index in [2.05, 4.69) is 22.5 Å². The van der Waals surface area contributed by atoms with E-state index in [0.29, 0.717) is 12.6 Å². The fourth-order valence-electron chi connectivity index (χ4n) is 3.43. The number of rotatable bonds is 6. The molecule has 2 saturated heterocycles. The standard InChI is InChI=1S/C15H29N3O/c1-2-3-9-17-15(19)12-18-10-5-7-14(18)13-6-4-8-16-11-13/h13-14,16H,2-12H2,1H3,(H,17,19). The van der Waals surface area contributed by atoms with Crippen molar-refractivity contribution in [3.05, 3.63) is 0 Å². The summed E-state index contributed by atoms with van der Waals surface area (Å²) < 4.78 is 0. The van der Waals surface area contributed by atoms with E-state index >= 15 is 0 Å². The number of likely N-dealkylation sites (tertiary alicyclic amines) is 1. The highest BCUT2D eigenvalue weighted by Crippen LogP contribution is 2.27. The average molecular weight is 267 g/mol. The Balaban J connectivity index is 1.76. The minimum absolute atomic E-state index is 0.212. The van der Waals surface area contributed by atoms with E-state index < -0.39 is 0 Å². The molecule has 0 bridgehead atoms. The molecule has 0 aromatic carbocycles. The van der Waals surface area contributed by atoms with Crippen molar-refractivity contribution in [2.24, 2.45) is 5.92 Å². The Bertz CT molecular complexity index is 277. The lowest BCUT2D eigenvalue weighted by atomic mass is 9.90. The van der Waals surface area contributed by atoms with Crippen molar-refractivity contribution < 1.29 is 4.79 Å². The fourth-order valence-corrected chi connectivity index (χ4v) is 3.43. The molecule has 2 heterocycles. The highest BCUT2D eigenvalue weighted by Gasteiger charge is 2.33. The van der Waals surface area contributed by atoms with E-state index in [-0.39, 0.29) is 5.91 Å². The number of hydrogen-bond donors (Lipinski definition) is 2. The monoisotopic (exact) mass is 267 g/mol. The van der Waals surface area contributed by atoms with Gasteiger partial charge >= 0.3 is 0 Å². The van der Waals surface area contributed by atoms with Crippen LogP contribution in [0.15, 0.2) is 0 Å². The predicted octanol–water partition coefficient (Wildman–Crippen LogP) is 1.37. The molecule has 2 rings (SSSR count). The maximum atomic E-state index is 11.9. The minimum Gasteiger partial charge on any atom is -0.355 e. The summed E-state index contributed by atoms with van der Waals surface area (Å²) in [5.41, 5.74) is 0. The predicted molar refractivity (Wildman–Crippen MR) is 78.1 cm³/mol. The van der Waals surface area contributed by atoms with Gasteiger partial charge in [0, 0.05) is 12.6 Å². The molecule has 2 aliphatic heterocycles. The van der Waals surface area contributed by atoms with Crippen LogP contribution in [-0.4, -0.2) is 49.6 Å². The number of nitrogens with one attached hydrogen (secondary N) is 2. The molecule has 110 valence electrons. The van der Waals surface area contributed by atoms with Crippen LogP contribution in [0.1, 0.15) is 45.4 Å².